The highest BCUT2D eigenvalue weighted by atomic mass is 16.6. The summed E-state index contributed by atoms with van der Waals surface area (Å²) in [6, 6.07) is 6.04. The fraction of sp³-hybridized carbons (Fsp3) is 0.500. The number of nitrogens with zero attached hydrogens (tertiary/aromatic N) is 1. The Hall–Kier alpha value is -2.17. The number of benzene rings is 1. The lowest BCUT2D eigenvalue weighted by molar-refractivity contribution is -0.384. The van der Waals surface area contributed by atoms with Crippen molar-refractivity contribution in [2.75, 3.05) is 0 Å². The Morgan fingerprint density at radius 3 is 2.30 bits per heavy atom. The van der Waals surface area contributed by atoms with Crippen LogP contribution in [-0.4, -0.2) is 10.9 Å². The standard InChI is InChI=1S/C18H25NO4/c1-2-3-4-5-6-7-8-9-10-18(20)23-15-16-11-13-17(14-12-16)19(21)22/h2,11-14H,1,3-10,15H2. The van der Waals surface area contributed by atoms with Crippen molar-refractivity contribution < 1.29 is 14.5 Å². The Morgan fingerprint density at radius 2 is 1.70 bits per heavy atom. The Kier molecular flexibility index (Phi) is 9.36. The molecule has 0 unspecified atom stereocenters. The lowest BCUT2D eigenvalue weighted by Gasteiger charge is -2.05. The topological polar surface area (TPSA) is 69.4 Å². The molecule has 23 heavy (non-hydrogen) atoms. The zero-order valence-electron chi connectivity index (χ0n) is 13.5. The highest BCUT2D eigenvalue weighted by Gasteiger charge is 2.06. The molecule has 0 bridgehead atoms. The van der Waals surface area contributed by atoms with Crippen LogP contribution in [0.4, 0.5) is 5.69 Å². The molecule has 0 spiro atoms. The first kappa shape index (κ1) is 18.9. The first-order valence-electron chi connectivity index (χ1n) is 8.13. The lowest BCUT2D eigenvalue weighted by Crippen LogP contribution is -2.04. The van der Waals surface area contributed by atoms with Crippen LogP contribution in [0.3, 0.4) is 0 Å². The summed E-state index contributed by atoms with van der Waals surface area (Å²) in [5.41, 5.74) is 0.791. The minimum absolute atomic E-state index is 0.0353. The normalized spacial score (nSPS) is 10.3. The molecular formula is C18H25NO4. The predicted molar refractivity (Wildman–Crippen MR) is 90.0 cm³/mol. The van der Waals surface area contributed by atoms with Gasteiger partial charge in [-0.05, 0) is 37.0 Å². The third kappa shape index (κ3) is 8.76. The molecule has 0 saturated carbocycles. The summed E-state index contributed by atoms with van der Waals surface area (Å²) >= 11 is 0. The van der Waals surface area contributed by atoms with E-state index in [9.17, 15) is 14.9 Å². The quantitative estimate of drug-likeness (QED) is 0.180. The van der Waals surface area contributed by atoms with Crippen LogP contribution >= 0.6 is 0 Å². The van der Waals surface area contributed by atoms with Gasteiger partial charge in [-0.15, -0.1) is 6.58 Å². The number of non-ortho nitro benzene ring substituents is 1. The highest BCUT2D eigenvalue weighted by molar-refractivity contribution is 5.69. The van der Waals surface area contributed by atoms with Crippen LogP contribution in [0.25, 0.3) is 0 Å². The van der Waals surface area contributed by atoms with E-state index >= 15 is 0 Å². The van der Waals surface area contributed by atoms with Crippen molar-refractivity contribution in [3.8, 4) is 0 Å². The molecule has 5 nitrogen and oxygen atoms in total. The number of hydrogen-bond acceptors (Lipinski definition) is 4. The summed E-state index contributed by atoms with van der Waals surface area (Å²) in [5, 5.41) is 10.5. The van der Waals surface area contributed by atoms with Crippen molar-refractivity contribution in [2.24, 2.45) is 0 Å². The second-order valence-corrected chi connectivity index (χ2v) is 5.53. The number of ether oxygens (including phenoxy) is 1. The Balaban J connectivity index is 2.08. The molecule has 0 aliphatic heterocycles. The number of carbonyl (C=O) groups is 1. The second-order valence-electron chi connectivity index (χ2n) is 5.53. The first-order chi connectivity index (χ1) is 11.1. The van der Waals surface area contributed by atoms with Crippen molar-refractivity contribution in [2.45, 2.75) is 58.0 Å². The third-order valence-electron chi connectivity index (χ3n) is 3.59. The molecule has 5 heteroatoms. The van der Waals surface area contributed by atoms with E-state index in [4.69, 9.17) is 4.74 Å². The molecule has 0 aromatic heterocycles. The van der Waals surface area contributed by atoms with E-state index in [1.165, 1.54) is 31.4 Å². The van der Waals surface area contributed by atoms with Gasteiger partial charge in [0.05, 0.1) is 4.92 Å². The van der Waals surface area contributed by atoms with Gasteiger partial charge in [0.25, 0.3) is 5.69 Å². The van der Waals surface area contributed by atoms with Crippen molar-refractivity contribution in [3.63, 3.8) is 0 Å². The molecule has 126 valence electrons. The van der Waals surface area contributed by atoms with Gasteiger partial charge in [0.2, 0.25) is 0 Å². The Morgan fingerprint density at radius 1 is 1.09 bits per heavy atom. The van der Waals surface area contributed by atoms with Gasteiger partial charge in [0.1, 0.15) is 6.61 Å². The van der Waals surface area contributed by atoms with Gasteiger partial charge >= 0.3 is 5.97 Å². The van der Waals surface area contributed by atoms with Crippen molar-refractivity contribution >= 4 is 11.7 Å². The Labute approximate surface area is 137 Å². The second kappa shape index (κ2) is 11.4. The molecule has 0 aliphatic rings. The van der Waals surface area contributed by atoms with Gasteiger partial charge < -0.3 is 4.74 Å². The molecule has 0 fully saturated rings. The van der Waals surface area contributed by atoms with E-state index in [1.54, 1.807) is 12.1 Å². The molecule has 1 aromatic carbocycles. The van der Waals surface area contributed by atoms with Gasteiger partial charge in [-0.25, -0.2) is 0 Å². The maximum absolute atomic E-state index is 11.6. The van der Waals surface area contributed by atoms with Gasteiger partial charge in [-0.1, -0.05) is 31.8 Å². The zero-order valence-corrected chi connectivity index (χ0v) is 13.5. The van der Waals surface area contributed by atoms with Gasteiger partial charge in [0, 0.05) is 18.6 Å². The van der Waals surface area contributed by atoms with E-state index in [2.05, 4.69) is 6.58 Å². The summed E-state index contributed by atoms with van der Waals surface area (Å²) in [6.07, 6.45) is 10.1. The minimum Gasteiger partial charge on any atom is -0.461 e. The van der Waals surface area contributed by atoms with Crippen LogP contribution in [0.5, 0.6) is 0 Å². The molecular weight excluding hydrogens is 294 g/mol. The molecule has 1 aromatic rings. The minimum atomic E-state index is -0.451. The maximum Gasteiger partial charge on any atom is 0.306 e. The number of nitro benzene ring substituents is 1. The number of hydrogen-bond donors (Lipinski definition) is 0. The van der Waals surface area contributed by atoms with E-state index in [0.29, 0.717) is 6.42 Å². The molecule has 1 rings (SSSR count). The monoisotopic (exact) mass is 319 g/mol. The average Bonchev–Trinajstić information content (AvgIpc) is 2.55. The molecule has 0 N–H and O–H groups in total. The number of nitro groups is 1. The number of carbonyl (C=O) groups excluding carboxylic acids is 1. The first-order valence-corrected chi connectivity index (χ1v) is 8.13. The number of unbranched alkanes of at least 4 members (excludes halogenated alkanes) is 6. The van der Waals surface area contributed by atoms with Crippen LogP contribution in [-0.2, 0) is 16.1 Å². The number of allylic oxidation sites excluding steroid dienone is 1. The molecule has 0 saturated heterocycles. The fourth-order valence-electron chi connectivity index (χ4n) is 2.22. The summed E-state index contributed by atoms with van der Waals surface area (Å²) in [7, 11) is 0. The molecule has 0 atom stereocenters. The molecule has 0 heterocycles. The van der Waals surface area contributed by atoms with E-state index < -0.39 is 4.92 Å². The highest BCUT2D eigenvalue weighted by Crippen LogP contribution is 2.13. The van der Waals surface area contributed by atoms with Crippen LogP contribution < -0.4 is 0 Å². The zero-order chi connectivity index (χ0) is 16.9. The van der Waals surface area contributed by atoms with Crippen LogP contribution in [0.15, 0.2) is 36.9 Å². The van der Waals surface area contributed by atoms with Crippen LogP contribution in [0.2, 0.25) is 0 Å². The van der Waals surface area contributed by atoms with Gasteiger partial charge in [0.15, 0.2) is 0 Å². The summed E-state index contributed by atoms with van der Waals surface area (Å²) in [5.74, 6) is -0.213. The van der Waals surface area contributed by atoms with E-state index in [-0.39, 0.29) is 18.3 Å². The largest absolute Gasteiger partial charge is 0.461 e. The van der Waals surface area contributed by atoms with E-state index in [1.807, 2.05) is 6.08 Å². The van der Waals surface area contributed by atoms with Crippen molar-refractivity contribution in [1.29, 1.82) is 0 Å². The SMILES string of the molecule is C=CCCCCCCCCC(=O)OCc1ccc([N+](=O)[O-])cc1. The predicted octanol–water partition coefficient (Wildman–Crippen LogP) is 4.94. The average molecular weight is 319 g/mol. The Bertz CT molecular complexity index is 496. The van der Waals surface area contributed by atoms with Crippen LogP contribution in [0, 0.1) is 10.1 Å². The summed E-state index contributed by atoms with van der Waals surface area (Å²) in [6.45, 7) is 3.86. The number of esters is 1. The summed E-state index contributed by atoms with van der Waals surface area (Å²) in [4.78, 5) is 21.7. The van der Waals surface area contributed by atoms with Crippen molar-refractivity contribution in [1.82, 2.24) is 0 Å². The van der Waals surface area contributed by atoms with Gasteiger partial charge in [-0.3, -0.25) is 14.9 Å². The summed E-state index contributed by atoms with van der Waals surface area (Å²) < 4.78 is 5.17. The third-order valence-corrected chi connectivity index (χ3v) is 3.59. The fourth-order valence-corrected chi connectivity index (χ4v) is 2.22. The maximum atomic E-state index is 11.6. The lowest BCUT2D eigenvalue weighted by atomic mass is 10.1. The smallest absolute Gasteiger partial charge is 0.306 e. The van der Waals surface area contributed by atoms with E-state index in [0.717, 1.165) is 31.2 Å². The van der Waals surface area contributed by atoms with Gasteiger partial charge in [-0.2, -0.15) is 0 Å². The number of rotatable bonds is 12. The van der Waals surface area contributed by atoms with Crippen molar-refractivity contribution in [3.05, 3.63) is 52.6 Å². The molecule has 0 aliphatic carbocycles. The molecule has 0 amide bonds. The van der Waals surface area contributed by atoms with Crippen LogP contribution in [0.1, 0.15) is 56.9 Å². The molecule has 0 radical (unpaired) electrons.